The van der Waals surface area contributed by atoms with E-state index in [4.69, 9.17) is 0 Å². The maximum Gasteiger partial charge on any atom is 0.0110 e. The second kappa shape index (κ2) is 3.04. The van der Waals surface area contributed by atoms with E-state index in [1.165, 1.54) is 25.7 Å². The maximum atomic E-state index is 2.54. The predicted octanol–water partition coefficient (Wildman–Crippen LogP) is 3.00. The molecule has 0 spiro atoms. The summed E-state index contributed by atoms with van der Waals surface area (Å²) in [5, 5.41) is 0. The lowest BCUT2D eigenvalue weighted by Gasteiger charge is -2.09. The highest BCUT2D eigenvalue weighted by molar-refractivity contribution is 14.1. The normalized spacial score (nSPS) is 26.2. The van der Waals surface area contributed by atoms with Crippen LogP contribution < -0.4 is 0 Å². The SMILES string of the molecule is C[C@H](I)C1CCCC1. The molecule has 1 atom stereocenters. The first-order valence-corrected chi connectivity index (χ1v) is 4.69. The van der Waals surface area contributed by atoms with Gasteiger partial charge in [0.05, 0.1) is 0 Å². The van der Waals surface area contributed by atoms with Gasteiger partial charge in [-0.25, -0.2) is 0 Å². The van der Waals surface area contributed by atoms with Crippen LogP contribution in [0.2, 0.25) is 0 Å². The monoisotopic (exact) mass is 224 g/mol. The summed E-state index contributed by atoms with van der Waals surface area (Å²) in [7, 11) is 0. The van der Waals surface area contributed by atoms with Gasteiger partial charge in [0.15, 0.2) is 0 Å². The Hall–Kier alpha value is 0.730. The largest absolute Gasteiger partial charge is 0.0826 e. The minimum absolute atomic E-state index is 0.912. The van der Waals surface area contributed by atoms with Crippen LogP contribution in [0.4, 0.5) is 0 Å². The minimum Gasteiger partial charge on any atom is -0.0826 e. The van der Waals surface area contributed by atoms with Gasteiger partial charge in [-0.15, -0.1) is 0 Å². The molecule has 0 nitrogen and oxygen atoms in total. The zero-order chi connectivity index (χ0) is 5.98. The van der Waals surface area contributed by atoms with Crippen molar-refractivity contribution < 1.29 is 0 Å². The van der Waals surface area contributed by atoms with Crippen molar-refractivity contribution >= 4 is 22.6 Å². The highest BCUT2D eigenvalue weighted by Gasteiger charge is 2.18. The van der Waals surface area contributed by atoms with Gasteiger partial charge >= 0.3 is 0 Å². The first-order valence-electron chi connectivity index (χ1n) is 3.45. The van der Waals surface area contributed by atoms with Crippen LogP contribution >= 0.6 is 22.6 Å². The molecule has 0 unspecified atom stereocenters. The Morgan fingerprint density at radius 2 is 1.88 bits per heavy atom. The number of hydrogen-bond donors (Lipinski definition) is 0. The molecule has 0 N–H and O–H groups in total. The standard InChI is InChI=1S/C7H13I/c1-6(8)7-4-2-3-5-7/h6-7H,2-5H2,1H3/t6-/m0/s1. The lowest BCUT2D eigenvalue weighted by molar-refractivity contribution is 0.558. The molecule has 0 aliphatic heterocycles. The molecule has 0 heterocycles. The summed E-state index contributed by atoms with van der Waals surface area (Å²) in [6, 6.07) is 0. The van der Waals surface area contributed by atoms with Crippen molar-refractivity contribution in [1.82, 2.24) is 0 Å². The minimum atomic E-state index is 0.912. The molecular formula is C7H13I. The van der Waals surface area contributed by atoms with Gasteiger partial charge in [0.25, 0.3) is 0 Å². The summed E-state index contributed by atoms with van der Waals surface area (Å²) in [5.41, 5.74) is 0. The van der Waals surface area contributed by atoms with Crippen molar-refractivity contribution in [2.24, 2.45) is 5.92 Å². The molecule has 1 rings (SSSR count). The summed E-state index contributed by atoms with van der Waals surface area (Å²) in [6.07, 6.45) is 5.95. The smallest absolute Gasteiger partial charge is 0.0110 e. The molecule has 48 valence electrons. The van der Waals surface area contributed by atoms with Crippen LogP contribution in [0.25, 0.3) is 0 Å². The van der Waals surface area contributed by atoms with Crippen LogP contribution in [-0.2, 0) is 0 Å². The zero-order valence-corrected chi connectivity index (χ0v) is 7.52. The van der Waals surface area contributed by atoms with Gasteiger partial charge in [0.2, 0.25) is 0 Å². The van der Waals surface area contributed by atoms with Crippen LogP contribution in [0.15, 0.2) is 0 Å². The second-order valence-corrected chi connectivity index (χ2v) is 4.69. The Bertz CT molecular complexity index is 62.8. The fourth-order valence-electron chi connectivity index (χ4n) is 1.42. The first kappa shape index (κ1) is 6.84. The Morgan fingerprint density at radius 1 is 1.38 bits per heavy atom. The van der Waals surface area contributed by atoms with Crippen LogP contribution in [-0.4, -0.2) is 3.92 Å². The second-order valence-electron chi connectivity index (χ2n) is 2.72. The van der Waals surface area contributed by atoms with Gasteiger partial charge in [-0.2, -0.15) is 0 Å². The summed E-state index contributed by atoms with van der Waals surface area (Å²) < 4.78 is 0.912. The molecule has 0 aromatic carbocycles. The third-order valence-corrected chi connectivity index (χ3v) is 3.07. The number of rotatable bonds is 1. The van der Waals surface area contributed by atoms with Crippen molar-refractivity contribution in [3.8, 4) is 0 Å². The van der Waals surface area contributed by atoms with Gasteiger partial charge in [-0.3, -0.25) is 0 Å². The number of hydrogen-bond acceptors (Lipinski definition) is 0. The molecule has 8 heavy (non-hydrogen) atoms. The van der Waals surface area contributed by atoms with Crippen LogP contribution in [0.5, 0.6) is 0 Å². The fraction of sp³-hybridized carbons (Fsp3) is 1.00. The summed E-state index contributed by atoms with van der Waals surface area (Å²) in [4.78, 5) is 0. The molecule has 0 amide bonds. The highest BCUT2D eigenvalue weighted by Crippen LogP contribution is 2.30. The molecule has 1 heteroatoms. The van der Waals surface area contributed by atoms with Crippen LogP contribution in [0, 0.1) is 5.92 Å². The molecule has 1 aliphatic carbocycles. The fourth-order valence-corrected chi connectivity index (χ4v) is 2.14. The number of halogens is 1. The quantitative estimate of drug-likeness (QED) is 0.474. The van der Waals surface area contributed by atoms with E-state index in [1.807, 2.05) is 0 Å². The molecule has 1 saturated carbocycles. The average molecular weight is 224 g/mol. The summed E-state index contributed by atoms with van der Waals surface area (Å²) >= 11 is 2.54. The topological polar surface area (TPSA) is 0 Å². The van der Waals surface area contributed by atoms with Gasteiger partial charge in [0.1, 0.15) is 0 Å². The van der Waals surface area contributed by atoms with E-state index in [0.29, 0.717) is 0 Å². The number of alkyl halides is 1. The van der Waals surface area contributed by atoms with Crippen molar-refractivity contribution in [2.75, 3.05) is 0 Å². The van der Waals surface area contributed by atoms with E-state index in [2.05, 4.69) is 29.5 Å². The summed E-state index contributed by atoms with van der Waals surface area (Å²) in [6.45, 7) is 2.33. The lowest BCUT2D eigenvalue weighted by Crippen LogP contribution is -2.04. The van der Waals surface area contributed by atoms with Gasteiger partial charge in [0, 0.05) is 3.92 Å². The maximum absolute atomic E-state index is 2.54. The Labute approximate surface area is 65.2 Å². The van der Waals surface area contributed by atoms with Crippen molar-refractivity contribution in [1.29, 1.82) is 0 Å². The van der Waals surface area contributed by atoms with E-state index in [9.17, 15) is 0 Å². The molecular weight excluding hydrogens is 211 g/mol. The molecule has 0 saturated heterocycles. The molecule has 0 bridgehead atoms. The Balaban J connectivity index is 2.24. The first-order chi connectivity index (χ1) is 3.80. The van der Waals surface area contributed by atoms with Gasteiger partial charge in [-0.1, -0.05) is 42.4 Å². The average Bonchev–Trinajstić information content (AvgIpc) is 2.12. The van der Waals surface area contributed by atoms with Crippen LogP contribution in [0.1, 0.15) is 32.6 Å². The van der Waals surface area contributed by atoms with Crippen molar-refractivity contribution in [3.05, 3.63) is 0 Å². The van der Waals surface area contributed by atoms with Crippen molar-refractivity contribution in [2.45, 2.75) is 36.5 Å². The third kappa shape index (κ3) is 1.61. The highest BCUT2D eigenvalue weighted by atomic mass is 127. The molecule has 0 radical (unpaired) electrons. The van der Waals surface area contributed by atoms with Gasteiger partial charge < -0.3 is 0 Å². The molecule has 0 aromatic heterocycles. The van der Waals surface area contributed by atoms with E-state index in [0.717, 1.165) is 9.84 Å². The lowest BCUT2D eigenvalue weighted by atomic mass is 10.1. The zero-order valence-electron chi connectivity index (χ0n) is 5.36. The molecule has 0 aromatic rings. The third-order valence-electron chi connectivity index (χ3n) is 2.05. The summed E-state index contributed by atoms with van der Waals surface area (Å²) in [5.74, 6) is 1.05. The van der Waals surface area contributed by atoms with E-state index < -0.39 is 0 Å². The molecule has 1 aliphatic rings. The van der Waals surface area contributed by atoms with E-state index >= 15 is 0 Å². The molecule has 1 fully saturated rings. The van der Waals surface area contributed by atoms with Gasteiger partial charge in [-0.05, 0) is 18.8 Å². The Kier molecular flexibility index (Phi) is 2.60. The van der Waals surface area contributed by atoms with Crippen molar-refractivity contribution in [3.63, 3.8) is 0 Å². The Morgan fingerprint density at radius 3 is 2.12 bits per heavy atom. The van der Waals surface area contributed by atoms with E-state index in [-0.39, 0.29) is 0 Å². The van der Waals surface area contributed by atoms with E-state index in [1.54, 1.807) is 0 Å². The predicted molar refractivity (Wildman–Crippen MR) is 45.4 cm³/mol. The van der Waals surface area contributed by atoms with Crippen LogP contribution in [0.3, 0.4) is 0 Å².